The van der Waals surface area contributed by atoms with Crippen LogP contribution in [0.3, 0.4) is 0 Å². The SMILES string of the molecule is C=CCCC1CCC(CO/C(=C/C=C(\C)C2=C(F)C(F)=C(OC)CC2)CC)CO1. The summed E-state index contributed by atoms with van der Waals surface area (Å²) in [5.74, 6) is -0.405. The van der Waals surface area contributed by atoms with Crippen LogP contribution in [-0.4, -0.2) is 26.4 Å². The van der Waals surface area contributed by atoms with Gasteiger partial charge in [-0.3, -0.25) is 0 Å². The number of halogens is 2. The zero-order valence-corrected chi connectivity index (χ0v) is 17.9. The van der Waals surface area contributed by atoms with Crippen molar-refractivity contribution in [3.05, 3.63) is 59.1 Å². The molecule has 2 atom stereocenters. The highest BCUT2D eigenvalue weighted by atomic mass is 19.2. The van der Waals surface area contributed by atoms with Crippen molar-refractivity contribution in [1.29, 1.82) is 0 Å². The van der Waals surface area contributed by atoms with Crippen LogP contribution < -0.4 is 0 Å². The second kappa shape index (κ2) is 12.0. The number of hydrogen-bond acceptors (Lipinski definition) is 3. The minimum Gasteiger partial charge on any atom is -0.498 e. The van der Waals surface area contributed by atoms with Crippen molar-refractivity contribution in [3.63, 3.8) is 0 Å². The Labute approximate surface area is 173 Å². The van der Waals surface area contributed by atoms with Crippen molar-refractivity contribution in [2.24, 2.45) is 5.92 Å². The lowest BCUT2D eigenvalue weighted by Crippen LogP contribution is -2.28. The lowest BCUT2D eigenvalue weighted by Gasteiger charge is -2.29. The van der Waals surface area contributed by atoms with Crippen molar-refractivity contribution in [3.8, 4) is 0 Å². The second-order valence-electron chi connectivity index (χ2n) is 7.65. The lowest BCUT2D eigenvalue weighted by molar-refractivity contribution is -0.0370. The molecule has 0 N–H and O–H groups in total. The number of hydrogen-bond donors (Lipinski definition) is 0. The molecule has 3 nitrogen and oxygen atoms in total. The van der Waals surface area contributed by atoms with Gasteiger partial charge in [-0.15, -0.1) is 6.58 Å². The molecule has 0 aromatic carbocycles. The van der Waals surface area contributed by atoms with E-state index in [9.17, 15) is 8.78 Å². The van der Waals surface area contributed by atoms with E-state index in [1.165, 1.54) is 7.11 Å². The first kappa shape index (κ1) is 23.4. The summed E-state index contributed by atoms with van der Waals surface area (Å²) in [5, 5.41) is 0. The van der Waals surface area contributed by atoms with Gasteiger partial charge >= 0.3 is 0 Å². The predicted octanol–water partition coefficient (Wildman–Crippen LogP) is 6.85. The first-order chi connectivity index (χ1) is 14.0. The van der Waals surface area contributed by atoms with Crippen LogP contribution in [0.1, 0.15) is 58.8 Å². The van der Waals surface area contributed by atoms with Crippen LogP contribution in [0.4, 0.5) is 8.78 Å². The highest BCUT2D eigenvalue weighted by Gasteiger charge is 2.24. The molecule has 0 bridgehead atoms. The van der Waals surface area contributed by atoms with Gasteiger partial charge in [0.05, 0.1) is 32.2 Å². The minimum atomic E-state index is -0.888. The van der Waals surface area contributed by atoms with Gasteiger partial charge in [0, 0.05) is 18.8 Å². The molecule has 1 heterocycles. The monoisotopic (exact) mass is 408 g/mol. The summed E-state index contributed by atoms with van der Waals surface area (Å²) in [4.78, 5) is 0. The highest BCUT2D eigenvalue weighted by molar-refractivity contribution is 5.43. The smallest absolute Gasteiger partial charge is 0.196 e. The van der Waals surface area contributed by atoms with E-state index in [-0.39, 0.29) is 5.76 Å². The van der Waals surface area contributed by atoms with Crippen molar-refractivity contribution < 1.29 is 23.0 Å². The third-order valence-electron chi connectivity index (χ3n) is 5.56. The van der Waals surface area contributed by atoms with E-state index in [0.29, 0.717) is 42.6 Å². The molecule has 0 aromatic heterocycles. The van der Waals surface area contributed by atoms with Gasteiger partial charge in [-0.25, -0.2) is 8.78 Å². The fraction of sp³-hybridized carbons (Fsp3) is 0.583. The molecule has 29 heavy (non-hydrogen) atoms. The van der Waals surface area contributed by atoms with Crippen LogP contribution in [-0.2, 0) is 14.2 Å². The Kier molecular flexibility index (Phi) is 9.65. The third-order valence-corrected chi connectivity index (χ3v) is 5.56. The van der Waals surface area contributed by atoms with Gasteiger partial charge in [0.15, 0.2) is 11.7 Å². The van der Waals surface area contributed by atoms with E-state index in [1.54, 1.807) is 6.92 Å². The van der Waals surface area contributed by atoms with E-state index >= 15 is 0 Å². The summed E-state index contributed by atoms with van der Waals surface area (Å²) >= 11 is 0. The van der Waals surface area contributed by atoms with E-state index in [1.807, 2.05) is 25.2 Å². The fourth-order valence-corrected chi connectivity index (χ4v) is 3.61. The largest absolute Gasteiger partial charge is 0.498 e. The molecule has 0 spiro atoms. The van der Waals surface area contributed by atoms with Gasteiger partial charge in [-0.1, -0.05) is 19.1 Å². The predicted molar refractivity (Wildman–Crippen MR) is 112 cm³/mol. The zero-order chi connectivity index (χ0) is 21.2. The summed E-state index contributed by atoms with van der Waals surface area (Å²) in [7, 11) is 1.36. The average molecular weight is 409 g/mol. The van der Waals surface area contributed by atoms with Crippen molar-refractivity contribution in [2.75, 3.05) is 20.3 Å². The maximum absolute atomic E-state index is 14.3. The van der Waals surface area contributed by atoms with Crippen LogP contribution in [0.5, 0.6) is 0 Å². The molecule has 1 aliphatic carbocycles. The van der Waals surface area contributed by atoms with Crippen LogP contribution in [0.15, 0.2) is 59.1 Å². The Morgan fingerprint density at radius 1 is 1.21 bits per heavy atom. The van der Waals surface area contributed by atoms with Crippen LogP contribution in [0, 0.1) is 5.92 Å². The normalized spacial score (nSPS) is 24.0. The Bertz CT molecular complexity index is 680. The zero-order valence-electron chi connectivity index (χ0n) is 17.9. The molecular weight excluding hydrogens is 374 g/mol. The van der Waals surface area contributed by atoms with E-state index < -0.39 is 11.7 Å². The van der Waals surface area contributed by atoms with Crippen LogP contribution in [0.2, 0.25) is 0 Å². The molecule has 0 amide bonds. The first-order valence-electron chi connectivity index (χ1n) is 10.5. The summed E-state index contributed by atoms with van der Waals surface area (Å²) in [6, 6.07) is 0. The topological polar surface area (TPSA) is 27.7 Å². The molecule has 1 aliphatic heterocycles. The number of methoxy groups -OCH3 is 1. The molecule has 2 aliphatic rings. The maximum atomic E-state index is 14.3. The van der Waals surface area contributed by atoms with E-state index in [4.69, 9.17) is 14.2 Å². The highest BCUT2D eigenvalue weighted by Crippen LogP contribution is 2.35. The summed E-state index contributed by atoms with van der Waals surface area (Å²) in [6.07, 6.45) is 11.6. The van der Waals surface area contributed by atoms with Gasteiger partial charge in [0.25, 0.3) is 0 Å². The summed E-state index contributed by atoms with van der Waals surface area (Å²) in [6.45, 7) is 8.91. The molecule has 0 saturated carbocycles. The quantitative estimate of drug-likeness (QED) is 0.225. The van der Waals surface area contributed by atoms with Crippen molar-refractivity contribution >= 4 is 0 Å². The van der Waals surface area contributed by atoms with Crippen LogP contribution >= 0.6 is 0 Å². The molecule has 2 unspecified atom stereocenters. The minimum absolute atomic E-state index is 0.0774. The summed E-state index contributed by atoms with van der Waals surface area (Å²) in [5.41, 5.74) is 1.09. The standard InChI is InChI=1S/C24H34F2O3/c1-5-7-8-20-12-10-18(16-29-20)15-28-19(6-2)11-9-17(3)21-13-14-22(27-4)24(26)23(21)25/h5,9,11,18,20H,1,6-8,10,12-16H2,2-4H3/b17-9+,19-11+. The fourth-order valence-electron chi connectivity index (χ4n) is 3.61. The van der Waals surface area contributed by atoms with Gasteiger partial charge in [-0.05, 0) is 56.3 Å². The first-order valence-corrected chi connectivity index (χ1v) is 10.5. The Morgan fingerprint density at radius 2 is 2.00 bits per heavy atom. The molecule has 1 fully saturated rings. The van der Waals surface area contributed by atoms with Crippen molar-refractivity contribution in [1.82, 2.24) is 0 Å². The lowest BCUT2D eigenvalue weighted by atomic mass is 9.95. The van der Waals surface area contributed by atoms with Crippen molar-refractivity contribution in [2.45, 2.75) is 64.9 Å². The molecule has 0 radical (unpaired) electrons. The van der Waals surface area contributed by atoms with E-state index in [2.05, 4.69) is 6.58 Å². The summed E-state index contributed by atoms with van der Waals surface area (Å²) < 4.78 is 45.1. The van der Waals surface area contributed by atoms with Gasteiger partial charge < -0.3 is 14.2 Å². The van der Waals surface area contributed by atoms with E-state index in [0.717, 1.165) is 44.5 Å². The van der Waals surface area contributed by atoms with Crippen LogP contribution in [0.25, 0.3) is 0 Å². The molecule has 5 heteroatoms. The Balaban J connectivity index is 1.91. The molecule has 0 aromatic rings. The maximum Gasteiger partial charge on any atom is 0.196 e. The Morgan fingerprint density at radius 3 is 2.62 bits per heavy atom. The average Bonchev–Trinajstić information content (AvgIpc) is 2.74. The molecule has 2 rings (SSSR count). The number of allylic oxidation sites excluding steroid dienone is 9. The molecule has 162 valence electrons. The second-order valence-corrected chi connectivity index (χ2v) is 7.65. The number of ether oxygens (including phenoxy) is 3. The number of rotatable bonds is 10. The Hall–Kier alpha value is -1.88. The molecule has 1 saturated heterocycles. The molecular formula is C24H34F2O3. The third kappa shape index (κ3) is 6.84. The van der Waals surface area contributed by atoms with Gasteiger partial charge in [-0.2, -0.15) is 0 Å². The van der Waals surface area contributed by atoms with Gasteiger partial charge in [0.1, 0.15) is 5.76 Å². The van der Waals surface area contributed by atoms with Gasteiger partial charge in [0.2, 0.25) is 0 Å².